The largest absolute Gasteiger partial charge is 0.373 e. The van der Waals surface area contributed by atoms with Gasteiger partial charge in [0.15, 0.2) is 0 Å². The first-order valence-electron chi connectivity index (χ1n) is 8.59. The maximum absolute atomic E-state index is 5.82. The Kier molecular flexibility index (Phi) is 6.06. The summed E-state index contributed by atoms with van der Waals surface area (Å²) in [4.78, 5) is 4.65. The van der Waals surface area contributed by atoms with E-state index < -0.39 is 0 Å². The van der Waals surface area contributed by atoms with Gasteiger partial charge in [0.1, 0.15) is 5.82 Å². The highest BCUT2D eigenvalue weighted by molar-refractivity contribution is 5.48. The molecule has 1 fully saturated rings. The van der Waals surface area contributed by atoms with Crippen LogP contribution in [-0.2, 0) is 18.3 Å². The van der Waals surface area contributed by atoms with Crippen LogP contribution in [0.25, 0.3) is 0 Å². The smallest absolute Gasteiger partial charge is 0.130 e. The van der Waals surface area contributed by atoms with Crippen molar-refractivity contribution in [3.63, 3.8) is 0 Å². The summed E-state index contributed by atoms with van der Waals surface area (Å²) in [6.07, 6.45) is 0.643. The number of anilines is 1. The molecule has 1 aromatic rings. The number of hydrogen-bond acceptors (Lipinski definition) is 5. The van der Waals surface area contributed by atoms with Crippen LogP contribution in [0.2, 0.25) is 0 Å². The molecule has 0 bridgehead atoms. The number of aromatic nitrogens is 2. The van der Waals surface area contributed by atoms with Gasteiger partial charge < -0.3 is 15.0 Å². The molecule has 0 unspecified atom stereocenters. The van der Waals surface area contributed by atoms with Crippen molar-refractivity contribution >= 4 is 5.82 Å². The van der Waals surface area contributed by atoms with Crippen LogP contribution in [0.1, 0.15) is 32.0 Å². The molecule has 2 rings (SSSR count). The van der Waals surface area contributed by atoms with Crippen molar-refractivity contribution in [2.24, 2.45) is 7.05 Å². The van der Waals surface area contributed by atoms with Crippen LogP contribution in [0.3, 0.4) is 0 Å². The molecule has 3 atom stereocenters. The monoisotopic (exact) mass is 323 g/mol. The summed E-state index contributed by atoms with van der Waals surface area (Å²) in [6, 6.07) is 0.503. The quantitative estimate of drug-likeness (QED) is 0.857. The number of nitrogens with zero attached hydrogens (tertiary/aromatic N) is 4. The average molecular weight is 323 g/mol. The summed E-state index contributed by atoms with van der Waals surface area (Å²) in [5, 5.41) is 8.16. The van der Waals surface area contributed by atoms with Crippen molar-refractivity contribution in [3.8, 4) is 0 Å². The lowest BCUT2D eigenvalue weighted by molar-refractivity contribution is -0.0781. The first kappa shape index (κ1) is 18.2. The van der Waals surface area contributed by atoms with E-state index in [1.807, 2.05) is 11.7 Å². The standard InChI is InChI=1S/C17H33N5O/c1-12(22-10-13(2)23-14(3)11-22)8-18-9-16-15(4)19-21(7)17(16)20(5)6/h12-14,18H,8-11H2,1-7H3/t12-,13-,14+/m0/s1. The molecule has 1 aromatic heterocycles. The Bertz CT molecular complexity index is 503. The third-order valence-electron chi connectivity index (χ3n) is 4.55. The van der Waals surface area contributed by atoms with Gasteiger partial charge in [-0.05, 0) is 27.7 Å². The molecule has 1 aliphatic rings. The van der Waals surface area contributed by atoms with Crippen LogP contribution >= 0.6 is 0 Å². The van der Waals surface area contributed by atoms with Crippen molar-refractivity contribution in [2.45, 2.75) is 52.5 Å². The first-order chi connectivity index (χ1) is 10.8. The summed E-state index contributed by atoms with van der Waals surface area (Å²) in [7, 11) is 6.14. The predicted molar refractivity (Wildman–Crippen MR) is 95.0 cm³/mol. The Hall–Kier alpha value is -1.11. The number of morpholine rings is 1. The van der Waals surface area contributed by atoms with Crippen LogP contribution in [0, 0.1) is 6.92 Å². The third-order valence-corrected chi connectivity index (χ3v) is 4.55. The van der Waals surface area contributed by atoms with E-state index in [4.69, 9.17) is 4.74 Å². The minimum Gasteiger partial charge on any atom is -0.373 e. The van der Waals surface area contributed by atoms with Gasteiger partial charge in [-0.2, -0.15) is 5.10 Å². The molecule has 132 valence electrons. The Morgan fingerprint density at radius 1 is 1.30 bits per heavy atom. The van der Waals surface area contributed by atoms with Crippen molar-refractivity contribution < 1.29 is 4.74 Å². The lowest BCUT2D eigenvalue weighted by Crippen LogP contribution is -2.51. The summed E-state index contributed by atoms with van der Waals surface area (Å²) < 4.78 is 7.78. The van der Waals surface area contributed by atoms with E-state index in [0.717, 1.165) is 31.9 Å². The van der Waals surface area contributed by atoms with Gasteiger partial charge in [-0.15, -0.1) is 0 Å². The molecule has 23 heavy (non-hydrogen) atoms. The zero-order valence-electron chi connectivity index (χ0n) is 15.8. The van der Waals surface area contributed by atoms with Crippen molar-refractivity contribution in [3.05, 3.63) is 11.3 Å². The highest BCUT2D eigenvalue weighted by Gasteiger charge is 2.25. The van der Waals surface area contributed by atoms with Crippen LogP contribution in [0.4, 0.5) is 5.82 Å². The highest BCUT2D eigenvalue weighted by atomic mass is 16.5. The van der Waals surface area contributed by atoms with E-state index in [0.29, 0.717) is 18.2 Å². The number of hydrogen-bond donors (Lipinski definition) is 1. The van der Waals surface area contributed by atoms with Crippen molar-refractivity contribution in [2.75, 3.05) is 38.6 Å². The molecule has 1 aliphatic heterocycles. The van der Waals surface area contributed by atoms with Crippen LogP contribution in [0.5, 0.6) is 0 Å². The fraction of sp³-hybridized carbons (Fsp3) is 0.824. The molecule has 1 saturated heterocycles. The summed E-state index contributed by atoms with van der Waals surface area (Å²) in [6.45, 7) is 12.5. The average Bonchev–Trinajstić information content (AvgIpc) is 2.72. The van der Waals surface area contributed by atoms with E-state index in [1.165, 1.54) is 11.4 Å². The Labute approximate surface area is 140 Å². The van der Waals surface area contributed by atoms with Gasteiger partial charge in [-0.3, -0.25) is 9.58 Å². The van der Waals surface area contributed by atoms with Gasteiger partial charge in [-0.25, -0.2) is 0 Å². The van der Waals surface area contributed by atoms with E-state index in [-0.39, 0.29) is 0 Å². The van der Waals surface area contributed by atoms with E-state index in [9.17, 15) is 0 Å². The van der Waals surface area contributed by atoms with Gasteiger partial charge in [0, 0.05) is 58.9 Å². The molecule has 2 heterocycles. The van der Waals surface area contributed by atoms with Crippen LogP contribution < -0.4 is 10.2 Å². The second-order valence-electron chi connectivity index (χ2n) is 7.10. The maximum atomic E-state index is 5.82. The van der Waals surface area contributed by atoms with Gasteiger partial charge in [0.2, 0.25) is 0 Å². The molecule has 6 nitrogen and oxygen atoms in total. The minimum absolute atomic E-state index is 0.321. The highest BCUT2D eigenvalue weighted by Crippen LogP contribution is 2.21. The van der Waals surface area contributed by atoms with E-state index >= 15 is 0 Å². The normalized spacial score (nSPS) is 24.0. The molecule has 0 saturated carbocycles. The summed E-state index contributed by atoms with van der Waals surface area (Å²) in [5.74, 6) is 1.18. The SMILES string of the molecule is Cc1nn(C)c(N(C)C)c1CNC[C@H](C)N1C[C@@H](C)O[C@@H](C)C1. The molecule has 0 amide bonds. The van der Waals surface area contributed by atoms with E-state index in [1.54, 1.807) is 0 Å². The molecular weight excluding hydrogens is 290 g/mol. The second-order valence-corrected chi connectivity index (χ2v) is 7.10. The summed E-state index contributed by atoms with van der Waals surface area (Å²) in [5.41, 5.74) is 2.39. The van der Waals surface area contributed by atoms with Crippen molar-refractivity contribution in [1.82, 2.24) is 20.0 Å². The lowest BCUT2D eigenvalue weighted by atomic mass is 10.1. The molecule has 1 N–H and O–H groups in total. The predicted octanol–water partition coefficient (Wildman–Crippen LogP) is 1.38. The molecular formula is C17H33N5O. The molecule has 0 aromatic carbocycles. The molecule has 0 spiro atoms. The van der Waals surface area contributed by atoms with Gasteiger partial charge in [0.05, 0.1) is 17.9 Å². The fourth-order valence-electron chi connectivity index (χ4n) is 3.57. The number of nitrogens with one attached hydrogen (secondary N) is 1. The first-order valence-corrected chi connectivity index (χ1v) is 8.59. The van der Waals surface area contributed by atoms with Gasteiger partial charge in [-0.1, -0.05) is 0 Å². The zero-order valence-corrected chi connectivity index (χ0v) is 15.8. The van der Waals surface area contributed by atoms with Crippen molar-refractivity contribution in [1.29, 1.82) is 0 Å². The number of rotatable bonds is 6. The lowest BCUT2D eigenvalue weighted by Gasteiger charge is -2.39. The second kappa shape index (κ2) is 7.64. The maximum Gasteiger partial charge on any atom is 0.130 e. The van der Waals surface area contributed by atoms with E-state index in [2.05, 4.69) is 62.0 Å². The number of aryl methyl sites for hydroxylation is 2. The third kappa shape index (κ3) is 4.46. The Morgan fingerprint density at radius 2 is 1.91 bits per heavy atom. The Morgan fingerprint density at radius 3 is 2.48 bits per heavy atom. The summed E-state index contributed by atoms with van der Waals surface area (Å²) >= 11 is 0. The van der Waals surface area contributed by atoms with Gasteiger partial charge >= 0.3 is 0 Å². The molecule has 0 aliphatic carbocycles. The van der Waals surface area contributed by atoms with Gasteiger partial charge in [0.25, 0.3) is 0 Å². The molecule has 0 radical (unpaired) electrons. The minimum atomic E-state index is 0.321. The number of ether oxygens (including phenoxy) is 1. The van der Waals surface area contributed by atoms with Crippen LogP contribution in [0.15, 0.2) is 0 Å². The fourth-order valence-corrected chi connectivity index (χ4v) is 3.57. The topological polar surface area (TPSA) is 45.6 Å². The van der Waals surface area contributed by atoms with Crippen LogP contribution in [-0.4, -0.2) is 66.7 Å². The Balaban J connectivity index is 1.90. The zero-order chi connectivity index (χ0) is 17.1. The molecule has 6 heteroatoms.